The van der Waals surface area contributed by atoms with Gasteiger partial charge in [-0.3, -0.25) is 4.98 Å². The zero-order chi connectivity index (χ0) is 12.0. The second kappa shape index (κ2) is 6.68. The van der Waals surface area contributed by atoms with Crippen LogP contribution in [-0.4, -0.2) is 37.4 Å². The van der Waals surface area contributed by atoms with Gasteiger partial charge in [0.15, 0.2) is 0 Å². The minimum Gasteiger partial charge on any atom is -0.491 e. The third kappa shape index (κ3) is 3.96. The summed E-state index contributed by atoms with van der Waals surface area (Å²) in [5.41, 5.74) is 1.94. The third-order valence-electron chi connectivity index (χ3n) is 2.27. The minimum absolute atomic E-state index is 0.429. The van der Waals surface area contributed by atoms with Gasteiger partial charge in [-0.15, -0.1) is 11.6 Å². The van der Waals surface area contributed by atoms with Crippen LogP contribution >= 0.6 is 11.6 Å². The fraction of sp³-hybridized carbons (Fsp3) is 0.545. The first-order valence-electron chi connectivity index (χ1n) is 5.07. The van der Waals surface area contributed by atoms with Crippen molar-refractivity contribution in [3.05, 3.63) is 23.5 Å². The van der Waals surface area contributed by atoms with Crippen molar-refractivity contribution in [1.29, 1.82) is 0 Å². The maximum absolute atomic E-state index is 5.72. The van der Waals surface area contributed by atoms with Gasteiger partial charge in [0.1, 0.15) is 12.4 Å². The van der Waals surface area contributed by atoms with Crippen molar-refractivity contribution in [2.75, 3.05) is 27.3 Å². The van der Waals surface area contributed by atoms with Crippen molar-refractivity contribution in [2.24, 2.45) is 0 Å². The Morgan fingerprint density at radius 3 is 2.81 bits per heavy atom. The molecule has 0 aliphatic carbocycles. The van der Waals surface area contributed by atoms with Gasteiger partial charge in [0.05, 0.1) is 31.4 Å². The zero-order valence-electron chi connectivity index (χ0n) is 9.86. The lowest BCUT2D eigenvalue weighted by molar-refractivity contribution is -0.113. The third-order valence-corrected chi connectivity index (χ3v) is 2.53. The number of rotatable bonds is 6. The van der Waals surface area contributed by atoms with Gasteiger partial charge in [0.25, 0.3) is 0 Å². The van der Waals surface area contributed by atoms with Gasteiger partial charge in [-0.1, -0.05) is 0 Å². The first-order chi connectivity index (χ1) is 7.67. The number of halogens is 1. The monoisotopic (exact) mass is 244 g/mol. The standard InChI is InChI=1S/C11H17ClN2O2/c1-9-6-10(8-13-11(9)7-12)16-5-4-14(2)15-3/h6,8H,4-5,7H2,1-3H3. The summed E-state index contributed by atoms with van der Waals surface area (Å²) in [5.74, 6) is 1.19. The van der Waals surface area contributed by atoms with Crippen LogP contribution in [0.4, 0.5) is 0 Å². The fourth-order valence-corrected chi connectivity index (χ4v) is 1.46. The number of pyridine rings is 1. The quantitative estimate of drug-likeness (QED) is 0.566. The highest BCUT2D eigenvalue weighted by atomic mass is 35.5. The summed E-state index contributed by atoms with van der Waals surface area (Å²) in [5, 5.41) is 1.70. The van der Waals surface area contributed by atoms with Crippen molar-refractivity contribution in [3.63, 3.8) is 0 Å². The summed E-state index contributed by atoms with van der Waals surface area (Å²) >= 11 is 5.72. The molecule has 0 fully saturated rings. The molecule has 1 aromatic heterocycles. The minimum atomic E-state index is 0.429. The van der Waals surface area contributed by atoms with Gasteiger partial charge in [-0.05, 0) is 18.6 Å². The van der Waals surface area contributed by atoms with E-state index in [0.29, 0.717) is 19.0 Å². The van der Waals surface area contributed by atoms with E-state index in [9.17, 15) is 0 Å². The smallest absolute Gasteiger partial charge is 0.137 e. The molecule has 0 spiro atoms. The average Bonchev–Trinajstić information content (AvgIpc) is 2.29. The molecule has 90 valence electrons. The molecule has 0 bridgehead atoms. The van der Waals surface area contributed by atoms with E-state index in [0.717, 1.165) is 17.0 Å². The van der Waals surface area contributed by atoms with E-state index in [1.807, 2.05) is 20.0 Å². The zero-order valence-corrected chi connectivity index (χ0v) is 10.6. The number of aromatic nitrogens is 1. The first-order valence-corrected chi connectivity index (χ1v) is 5.60. The maximum Gasteiger partial charge on any atom is 0.137 e. The van der Waals surface area contributed by atoms with Crippen LogP contribution in [0.15, 0.2) is 12.3 Å². The molecule has 0 saturated heterocycles. The highest BCUT2D eigenvalue weighted by Crippen LogP contribution is 2.15. The number of ether oxygens (including phenoxy) is 1. The van der Waals surface area contributed by atoms with Gasteiger partial charge in [-0.25, -0.2) is 0 Å². The molecule has 0 amide bonds. The number of alkyl halides is 1. The Morgan fingerprint density at radius 1 is 1.50 bits per heavy atom. The highest BCUT2D eigenvalue weighted by molar-refractivity contribution is 6.17. The summed E-state index contributed by atoms with van der Waals surface area (Å²) in [6.07, 6.45) is 1.69. The van der Waals surface area contributed by atoms with Crippen LogP contribution in [-0.2, 0) is 10.7 Å². The van der Waals surface area contributed by atoms with Gasteiger partial charge < -0.3 is 9.57 Å². The summed E-state index contributed by atoms with van der Waals surface area (Å²) < 4.78 is 5.53. The SMILES string of the molecule is CON(C)CCOc1cnc(CCl)c(C)c1. The predicted molar refractivity (Wildman–Crippen MR) is 63.7 cm³/mol. The summed E-state index contributed by atoms with van der Waals surface area (Å²) in [7, 11) is 3.48. The molecule has 0 saturated carbocycles. The molecule has 0 aliphatic rings. The van der Waals surface area contributed by atoms with Crippen LogP contribution in [0, 0.1) is 6.92 Å². The average molecular weight is 245 g/mol. The van der Waals surface area contributed by atoms with Crippen molar-refractivity contribution >= 4 is 11.6 Å². The van der Waals surface area contributed by atoms with Gasteiger partial charge in [0, 0.05) is 7.05 Å². The second-order valence-corrected chi connectivity index (χ2v) is 3.72. The largest absolute Gasteiger partial charge is 0.491 e. The van der Waals surface area contributed by atoms with Crippen LogP contribution in [0.1, 0.15) is 11.3 Å². The molecule has 4 nitrogen and oxygen atoms in total. The molecule has 0 N–H and O–H groups in total. The Balaban J connectivity index is 2.46. The van der Waals surface area contributed by atoms with Crippen LogP contribution in [0.3, 0.4) is 0 Å². The number of hydrogen-bond donors (Lipinski definition) is 0. The van der Waals surface area contributed by atoms with Crippen molar-refractivity contribution in [1.82, 2.24) is 10.0 Å². The topological polar surface area (TPSA) is 34.6 Å². The lowest BCUT2D eigenvalue weighted by atomic mass is 10.2. The maximum atomic E-state index is 5.72. The van der Waals surface area contributed by atoms with E-state index in [1.54, 1.807) is 18.4 Å². The molecular weight excluding hydrogens is 228 g/mol. The Hall–Kier alpha value is -0.840. The molecule has 1 heterocycles. The van der Waals surface area contributed by atoms with Crippen LogP contribution in [0.25, 0.3) is 0 Å². The normalized spacial score (nSPS) is 10.8. The molecule has 0 unspecified atom stereocenters. The number of nitrogens with zero attached hydrogens (tertiary/aromatic N) is 2. The van der Waals surface area contributed by atoms with Gasteiger partial charge >= 0.3 is 0 Å². The molecule has 0 aromatic carbocycles. The molecule has 0 radical (unpaired) electrons. The molecule has 0 aliphatic heterocycles. The Bertz CT molecular complexity index is 334. The summed E-state index contributed by atoms with van der Waals surface area (Å²) in [6, 6.07) is 1.94. The summed E-state index contributed by atoms with van der Waals surface area (Å²) in [6.45, 7) is 3.23. The lowest BCUT2D eigenvalue weighted by Gasteiger charge is -2.14. The Labute approximate surface area is 101 Å². The number of aryl methyl sites for hydroxylation is 1. The van der Waals surface area contributed by atoms with Crippen LogP contribution < -0.4 is 4.74 Å². The van der Waals surface area contributed by atoms with E-state index in [-0.39, 0.29) is 0 Å². The van der Waals surface area contributed by atoms with Crippen LogP contribution in [0.5, 0.6) is 5.75 Å². The van der Waals surface area contributed by atoms with Crippen molar-refractivity contribution in [2.45, 2.75) is 12.8 Å². The second-order valence-electron chi connectivity index (χ2n) is 3.45. The number of hydrogen-bond acceptors (Lipinski definition) is 4. The fourth-order valence-electron chi connectivity index (χ4n) is 1.18. The molecule has 1 aromatic rings. The van der Waals surface area contributed by atoms with E-state index in [4.69, 9.17) is 21.2 Å². The molecule has 5 heteroatoms. The molecule has 16 heavy (non-hydrogen) atoms. The molecule has 0 atom stereocenters. The lowest BCUT2D eigenvalue weighted by Crippen LogP contribution is -2.23. The summed E-state index contributed by atoms with van der Waals surface area (Å²) in [4.78, 5) is 9.18. The molecule has 1 rings (SSSR count). The van der Waals surface area contributed by atoms with Crippen molar-refractivity contribution in [3.8, 4) is 5.75 Å². The number of hydroxylamine groups is 2. The van der Waals surface area contributed by atoms with Gasteiger partial charge in [-0.2, -0.15) is 5.06 Å². The first kappa shape index (κ1) is 13.2. The van der Waals surface area contributed by atoms with Crippen LogP contribution in [0.2, 0.25) is 0 Å². The van der Waals surface area contributed by atoms with E-state index in [2.05, 4.69) is 4.98 Å². The number of likely N-dealkylation sites (N-methyl/N-ethyl adjacent to an activating group) is 1. The Morgan fingerprint density at radius 2 is 2.25 bits per heavy atom. The Kier molecular flexibility index (Phi) is 5.52. The van der Waals surface area contributed by atoms with E-state index >= 15 is 0 Å². The van der Waals surface area contributed by atoms with Gasteiger partial charge in [0.2, 0.25) is 0 Å². The molecular formula is C11H17ClN2O2. The highest BCUT2D eigenvalue weighted by Gasteiger charge is 2.02. The predicted octanol–water partition coefficient (Wildman–Crippen LogP) is 2.00. The van der Waals surface area contributed by atoms with E-state index in [1.165, 1.54) is 0 Å². The van der Waals surface area contributed by atoms with E-state index < -0.39 is 0 Å². The van der Waals surface area contributed by atoms with Crippen molar-refractivity contribution < 1.29 is 9.57 Å².